The number of hydrogen-bond donors (Lipinski definition) is 1. The number of nitriles is 1. The van der Waals surface area contributed by atoms with Crippen molar-refractivity contribution in [1.82, 2.24) is 0 Å². The molecule has 0 unspecified atom stereocenters. The first-order valence-electron chi connectivity index (χ1n) is 4.54. The molecule has 5 heteroatoms. The molecule has 84 valence electrons. The van der Waals surface area contributed by atoms with Gasteiger partial charge in [-0.15, -0.1) is 0 Å². The molecule has 3 nitrogen and oxygen atoms in total. The van der Waals surface area contributed by atoms with Gasteiger partial charge in [0.1, 0.15) is 30.1 Å². The van der Waals surface area contributed by atoms with Crippen LogP contribution in [0, 0.1) is 17.1 Å². The van der Waals surface area contributed by atoms with Crippen molar-refractivity contribution in [1.29, 1.82) is 5.26 Å². The van der Waals surface area contributed by atoms with E-state index in [1.54, 1.807) is 6.07 Å². The molecule has 0 aliphatic carbocycles. The third kappa shape index (κ3) is 3.33. The molecule has 1 aromatic carbocycles. The fourth-order valence-electron chi connectivity index (χ4n) is 1.02. The molecule has 1 aromatic rings. The fraction of sp³-hybridized carbons (Fsp3) is 0.182. The summed E-state index contributed by atoms with van der Waals surface area (Å²) in [6, 6.07) is 5.38. The van der Waals surface area contributed by atoms with E-state index in [0.29, 0.717) is 0 Å². The molecule has 0 spiro atoms. The monoisotopic (exact) mass is 224 g/mol. The Morgan fingerprint density at radius 2 is 2.31 bits per heavy atom. The van der Waals surface area contributed by atoms with Crippen LogP contribution in [0.15, 0.2) is 30.1 Å². The lowest BCUT2D eigenvalue weighted by Gasteiger charge is -2.04. The molecule has 0 aliphatic heterocycles. The van der Waals surface area contributed by atoms with Crippen LogP contribution in [-0.4, -0.2) is 13.2 Å². The van der Waals surface area contributed by atoms with Gasteiger partial charge in [0.05, 0.1) is 5.56 Å². The molecule has 2 N–H and O–H groups in total. The van der Waals surface area contributed by atoms with E-state index >= 15 is 0 Å². The van der Waals surface area contributed by atoms with Crippen molar-refractivity contribution in [2.75, 3.05) is 13.2 Å². The number of nitrogens with zero attached hydrogens (tertiary/aromatic N) is 1. The summed E-state index contributed by atoms with van der Waals surface area (Å²) in [5.74, 6) is -1.05. The van der Waals surface area contributed by atoms with E-state index in [0.717, 1.165) is 6.07 Å². The number of nitrogens with two attached hydrogens (primary N) is 1. The molecule has 0 aliphatic rings. The lowest BCUT2D eigenvalue weighted by Crippen LogP contribution is -2.02. The van der Waals surface area contributed by atoms with Gasteiger partial charge in [0.15, 0.2) is 0 Å². The molecule has 0 saturated carbocycles. The largest absolute Gasteiger partial charge is 0.486 e. The van der Waals surface area contributed by atoms with Crippen LogP contribution in [0.4, 0.5) is 8.78 Å². The molecule has 16 heavy (non-hydrogen) atoms. The summed E-state index contributed by atoms with van der Waals surface area (Å²) in [7, 11) is 0. The Morgan fingerprint density at radius 1 is 1.56 bits per heavy atom. The lowest BCUT2D eigenvalue weighted by molar-refractivity contribution is 0.316. The van der Waals surface area contributed by atoms with Crippen molar-refractivity contribution in [3.63, 3.8) is 0 Å². The van der Waals surface area contributed by atoms with Crippen LogP contribution in [0.2, 0.25) is 0 Å². The van der Waals surface area contributed by atoms with E-state index in [9.17, 15) is 8.78 Å². The predicted molar refractivity (Wildman–Crippen MR) is 54.9 cm³/mol. The Balaban J connectivity index is 2.66. The smallest absolute Gasteiger partial charge is 0.144 e. The lowest BCUT2D eigenvalue weighted by atomic mass is 10.2. The number of ether oxygens (including phenoxy) is 1. The van der Waals surface area contributed by atoms with Crippen LogP contribution in [0.1, 0.15) is 5.56 Å². The third-order valence-corrected chi connectivity index (χ3v) is 1.78. The first-order chi connectivity index (χ1) is 7.67. The minimum atomic E-state index is -0.691. The molecule has 0 fully saturated rings. The van der Waals surface area contributed by atoms with Crippen molar-refractivity contribution in [3.05, 3.63) is 41.5 Å². The molecule has 0 heterocycles. The maximum absolute atomic E-state index is 13.1. The molecular formula is C11H10F2N2O. The Bertz CT molecular complexity index is 438. The number of halogens is 2. The second kappa shape index (κ2) is 5.83. The molecule has 0 atom stereocenters. The van der Waals surface area contributed by atoms with Crippen molar-refractivity contribution >= 4 is 0 Å². The molecule has 0 amide bonds. The Kier molecular flexibility index (Phi) is 4.42. The normalized spacial score (nSPS) is 11.0. The molecule has 0 aromatic heterocycles. The summed E-state index contributed by atoms with van der Waals surface area (Å²) >= 11 is 0. The highest BCUT2D eigenvalue weighted by Crippen LogP contribution is 2.16. The van der Waals surface area contributed by atoms with E-state index < -0.39 is 11.6 Å². The van der Waals surface area contributed by atoms with E-state index in [4.69, 9.17) is 15.7 Å². The van der Waals surface area contributed by atoms with Gasteiger partial charge >= 0.3 is 0 Å². The molecule has 1 rings (SSSR count). The quantitative estimate of drug-likeness (QED) is 0.849. The zero-order valence-electron chi connectivity index (χ0n) is 8.41. The number of rotatable bonds is 4. The molecular weight excluding hydrogens is 214 g/mol. The van der Waals surface area contributed by atoms with Gasteiger partial charge in [0.25, 0.3) is 0 Å². The zero-order valence-corrected chi connectivity index (χ0v) is 8.41. The van der Waals surface area contributed by atoms with Crippen LogP contribution in [0.25, 0.3) is 0 Å². The summed E-state index contributed by atoms with van der Waals surface area (Å²) in [5, 5.41) is 8.48. The molecule has 0 bridgehead atoms. The van der Waals surface area contributed by atoms with Crippen LogP contribution < -0.4 is 10.5 Å². The van der Waals surface area contributed by atoms with Crippen LogP contribution in [0.5, 0.6) is 5.75 Å². The van der Waals surface area contributed by atoms with Crippen LogP contribution in [0.3, 0.4) is 0 Å². The summed E-state index contributed by atoms with van der Waals surface area (Å²) in [4.78, 5) is 0. The second-order valence-electron chi connectivity index (χ2n) is 2.93. The van der Waals surface area contributed by atoms with E-state index in [2.05, 4.69) is 0 Å². The average Bonchev–Trinajstić information content (AvgIpc) is 2.27. The Labute approximate surface area is 91.7 Å². The highest BCUT2D eigenvalue weighted by molar-refractivity contribution is 5.36. The van der Waals surface area contributed by atoms with Crippen LogP contribution >= 0.6 is 0 Å². The molecule has 0 saturated heterocycles. The number of benzene rings is 1. The first kappa shape index (κ1) is 12.1. The van der Waals surface area contributed by atoms with Crippen LogP contribution in [-0.2, 0) is 0 Å². The second-order valence-corrected chi connectivity index (χ2v) is 2.93. The minimum Gasteiger partial charge on any atom is -0.486 e. The predicted octanol–water partition coefficient (Wildman–Crippen LogP) is 1.89. The van der Waals surface area contributed by atoms with E-state index in [1.807, 2.05) is 0 Å². The molecule has 0 radical (unpaired) electrons. The summed E-state index contributed by atoms with van der Waals surface area (Å²) < 4.78 is 30.9. The topological polar surface area (TPSA) is 59.0 Å². The average molecular weight is 224 g/mol. The third-order valence-electron chi connectivity index (χ3n) is 1.78. The summed E-state index contributed by atoms with van der Waals surface area (Å²) in [5.41, 5.74) is 5.01. The van der Waals surface area contributed by atoms with E-state index in [1.165, 1.54) is 18.2 Å². The fourth-order valence-corrected chi connectivity index (χ4v) is 1.02. The van der Waals surface area contributed by atoms with Gasteiger partial charge in [-0.05, 0) is 18.2 Å². The van der Waals surface area contributed by atoms with Crippen molar-refractivity contribution in [2.24, 2.45) is 5.73 Å². The van der Waals surface area contributed by atoms with Crippen molar-refractivity contribution in [3.8, 4) is 11.8 Å². The summed E-state index contributed by atoms with van der Waals surface area (Å²) in [6.07, 6.45) is 1.17. The first-order valence-corrected chi connectivity index (χ1v) is 4.54. The van der Waals surface area contributed by atoms with Gasteiger partial charge < -0.3 is 10.5 Å². The van der Waals surface area contributed by atoms with Gasteiger partial charge in [-0.1, -0.05) is 0 Å². The highest BCUT2D eigenvalue weighted by atomic mass is 19.1. The van der Waals surface area contributed by atoms with Gasteiger partial charge in [-0.25, -0.2) is 8.78 Å². The Morgan fingerprint density at radius 3 is 2.88 bits per heavy atom. The van der Waals surface area contributed by atoms with Crippen molar-refractivity contribution in [2.45, 2.75) is 0 Å². The Hall–Kier alpha value is -1.93. The van der Waals surface area contributed by atoms with Gasteiger partial charge in [-0.2, -0.15) is 5.26 Å². The summed E-state index contributed by atoms with van der Waals surface area (Å²) in [6.45, 7) is -0.223. The number of hydrogen-bond acceptors (Lipinski definition) is 3. The standard InChI is InChI=1S/C11H10F2N2O/c12-9(3-4-14)7-16-10-2-1-8(6-15)11(13)5-10/h1-3,5H,4,7,14H2. The highest BCUT2D eigenvalue weighted by Gasteiger charge is 2.04. The maximum Gasteiger partial charge on any atom is 0.144 e. The zero-order chi connectivity index (χ0) is 12.0. The van der Waals surface area contributed by atoms with Gasteiger partial charge in [-0.3, -0.25) is 0 Å². The van der Waals surface area contributed by atoms with Gasteiger partial charge in [0.2, 0.25) is 0 Å². The van der Waals surface area contributed by atoms with Gasteiger partial charge in [0, 0.05) is 12.6 Å². The minimum absolute atomic E-state index is 0.0784. The maximum atomic E-state index is 13.1. The van der Waals surface area contributed by atoms with E-state index in [-0.39, 0.29) is 24.5 Å². The van der Waals surface area contributed by atoms with Crippen molar-refractivity contribution < 1.29 is 13.5 Å². The SMILES string of the molecule is N#Cc1ccc(OCC(F)=CCN)cc1F.